The first-order valence-electron chi connectivity index (χ1n) is 6.52. The van der Waals surface area contributed by atoms with E-state index >= 15 is 0 Å². The van der Waals surface area contributed by atoms with Gasteiger partial charge in [-0.1, -0.05) is 65.7 Å². The lowest BCUT2D eigenvalue weighted by molar-refractivity contribution is 0.700. The fourth-order valence-corrected chi connectivity index (χ4v) is 2.22. The van der Waals surface area contributed by atoms with E-state index in [1.807, 2.05) is 12.1 Å². The third-order valence-electron chi connectivity index (χ3n) is 3.04. The van der Waals surface area contributed by atoms with Gasteiger partial charge in [-0.3, -0.25) is 0 Å². The summed E-state index contributed by atoms with van der Waals surface area (Å²) in [6, 6.07) is 13.4. The molecule has 0 aliphatic heterocycles. The van der Waals surface area contributed by atoms with E-state index in [4.69, 9.17) is 0 Å². The summed E-state index contributed by atoms with van der Waals surface area (Å²) in [5.74, 6) is -1.66. The summed E-state index contributed by atoms with van der Waals surface area (Å²) < 4.78 is 29.0. The van der Waals surface area contributed by atoms with Crippen LogP contribution in [0.2, 0.25) is 0 Å². The monoisotopic (exact) mass is 336 g/mol. The Kier molecular flexibility index (Phi) is 5.07. The lowest BCUT2D eigenvalue weighted by Crippen LogP contribution is -1.87. The maximum absolute atomic E-state index is 14.1. The molecule has 0 aromatic heterocycles. The zero-order valence-electron chi connectivity index (χ0n) is 11.2. The average Bonchev–Trinajstić information content (AvgIpc) is 2.48. The molecule has 104 valence electrons. The van der Waals surface area contributed by atoms with Gasteiger partial charge in [-0.2, -0.15) is 0 Å². The van der Waals surface area contributed by atoms with Crippen molar-refractivity contribution in [1.29, 1.82) is 0 Å². The van der Waals surface area contributed by atoms with Crippen LogP contribution < -0.4 is 0 Å². The minimum atomic E-state index is -0.833. The zero-order chi connectivity index (χ0) is 14.5. The van der Waals surface area contributed by atoms with Crippen LogP contribution in [0.15, 0.2) is 53.0 Å². The van der Waals surface area contributed by atoms with Gasteiger partial charge in [0.1, 0.15) is 0 Å². The van der Waals surface area contributed by atoms with Crippen LogP contribution in [0.5, 0.6) is 0 Å². The Labute approximate surface area is 126 Å². The highest BCUT2D eigenvalue weighted by molar-refractivity contribution is 9.10. The predicted molar refractivity (Wildman–Crippen MR) is 83.6 cm³/mol. The second-order valence-corrected chi connectivity index (χ2v) is 5.50. The van der Waals surface area contributed by atoms with Crippen LogP contribution in [0, 0.1) is 0 Å². The van der Waals surface area contributed by atoms with Crippen molar-refractivity contribution in [1.82, 2.24) is 0 Å². The van der Waals surface area contributed by atoms with Crippen LogP contribution in [0.25, 0.3) is 11.7 Å². The minimum Gasteiger partial charge on any atom is -0.203 e. The molecule has 0 aliphatic carbocycles. The second-order valence-electron chi connectivity index (χ2n) is 4.58. The van der Waals surface area contributed by atoms with Gasteiger partial charge in [0.05, 0.1) is 0 Å². The van der Waals surface area contributed by atoms with Crippen LogP contribution in [0.4, 0.5) is 8.78 Å². The maximum Gasteiger partial charge on any atom is 0.166 e. The number of hydrogen-bond acceptors (Lipinski definition) is 0. The Bertz CT molecular complexity index is 598. The topological polar surface area (TPSA) is 0 Å². The van der Waals surface area contributed by atoms with Crippen LogP contribution in [0.3, 0.4) is 0 Å². The van der Waals surface area contributed by atoms with Crippen molar-refractivity contribution in [3.8, 4) is 0 Å². The Hall–Kier alpha value is -1.48. The molecule has 2 rings (SSSR count). The lowest BCUT2D eigenvalue weighted by atomic mass is 10.1. The van der Waals surface area contributed by atoms with E-state index < -0.39 is 11.7 Å². The summed E-state index contributed by atoms with van der Waals surface area (Å²) >= 11 is 3.27. The quantitative estimate of drug-likeness (QED) is 0.586. The van der Waals surface area contributed by atoms with E-state index in [2.05, 4.69) is 22.9 Å². The van der Waals surface area contributed by atoms with Crippen molar-refractivity contribution in [2.75, 3.05) is 0 Å². The Morgan fingerprint density at radius 1 is 0.850 bits per heavy atom. The van der Waals surface area contributed by atoms with Gasteiger partial charge in [0, 0.05) is 15.6 Å². The first-order valence-corrected chi connectivity index (χ1v) is 7.31. The molecule has 0 spiro atoms. The van der Waals surface area contributed by atoms with Gasteiger partial charge in [0.25, 0.3) is 0 Å². The molecule has 2 aromatic rings. The van der Waals surface area contributed by atoms with Crippen molar-refractivity contribution < 1.29 is 8.78 Å². The molecule has 0 heterocycles. The number of benzene rings is 2. The molecule has 0 saturated heterocycles. The Morgan fingerprint density at radius 3 is 1.75 bits per heavy atom. The summed E-state index contributed by atoms with van der Waals surface area (Å²) in [5.41, 5.74) is 1.64. The molecule has 3 heteroatoms. The van der Waals surface area contributed by atoms with Gasteiger partial charge in [-0.25, -0.2) is 8.78 Å². The van der Waals surface area contributed by atoms with Crippen molar-refractivity contribution in [3.05, 3.63) is 69.7 Å². The minimum absolute atomic E-state index is 0.239. The van der Waals surface area contributed by atoms with Gasteiger partial charge in [0.2, 0.25) is 0 Å². The van der Waals surface area contributed by atoms with Crippen molar-refractivity contribution >= 4 is 27.6 Å². The van der Waals surface area contributed by atoms with Gasteiger partial charge in [0.15, 0.2) is 11.7 Å². The third kappa shape index (κ3) is 3.54. The number of halogens is 3. The summed E-state index contributed by atoms with van der Waals surface area (Å²) in [4.78, 5) is 0. The molecule has 0 N–H and O–H groups in total. The first-order chi connectivity index (χ1) is 9.61. The molecule has 2 aromatic carbocycles. The predicted octanol–water partition coefficient (Wildman–Crippen LogP) is 6.17. The zero-order valence-corrected chi connectivity index (χ0v) is 12.8. The second kappa shape index (κ2) is 6.80. The molecule has 0 aliphatic rings. The molecule has 0 fully saturated rings. The molecule has 20 heavy (non-hydrogen) atoms. The average molecular weight is 337 g/mol. The van der Waals surface area contributed by atoms with Gasteiger partial charge >= 0.3 is 0 Å². The summed E-state index contributed by atoms with van der Waals surface area (Å²) in [6.07, 6.45) is 1.98. The Balaban J connectivity index is 2.30. The molecule has 0 bridgehead atoms. The number of hydrogen-bond donors (Lipinski definition) is 0. The van der Waals surface area contributed by atoms with Crippen molar-refractivity contribution in [2.45, 2.75) is 19.8 Å². The van der Waals surface area contributed by atoms with E-state index in [1.54, 1.807) is 36.4 Å². The SMILES string of the molecule is CCCc1ccc(/C(F)=C(/F)c2ccc(Br)cc2)cc1. The molecule has 0 nitrogen and oxygen atoms in total. The first kappa shape index (κ1) is 14.9. The molecule has 0 amide bonds. The lowest BCUT2D eigenvalue weighted by Gasteiger charge is -2.04. The van der Waals surface area contributed by atoms with Crippen molar-refractivity contribution in [2.24, 2.45) is 0 Å². The molecule has 0 unspecified atom stereocenters. The van der Waals surface area contributed by atoms with E-state index in [0.29, 0.717) is 0 Å². The summed E-state index contributed by atoms with van der Waals surface area (Å²) in [6.45, 7) is 2.08. The maximum atomic E-state index is 14.1. The van der Waals surface area contributed by atoms with E-state index in [1.165, 1.54) is 0 Å². The van der Waals surface area contributed by atoms with Crippen LogP contribution >= 0.6 is 15.9 Å². The van der Waals surface area contributed by atoms with Crippen molar-refractivity contribution in [3.63, 3.8) is 0 Å². The summed E-state index contributed by atoms with van der Waals surface area (Å²) in [7, 11) is 0. The van der Waals surface area contributed by atoms with E-state index in [-0.39, 0.29) is 11.1 Å². The number of rotatable bonds is 4. The smallest absolute Gasteiger partial charge is 0.166 e. The third-order valence-corrected chi connectivity index (χ3v) is 3.57. The molecular formula is C17H15BrF2. The fraction of sp³-hybridized carbons (Fsp3) is 0.176. The largest absolute Gasteiger partial charge is 0.203 e. The molecular weight excluding hydrogens is 322 g/mol. The highest BCUT2D eigenvalue weighted by Gasteiger charge is 2.11. The molecule has 0 saturated carbocycles. The molecule has 0 atom stereocenters. The highest BCUT2D eigenvalue weighted by Crippen LogP contribution is 2.29. The van der Waals surface area contributed by atoms with Gasteiger partial charge < -0.3 is 0 Å². The van der Waals surface area contributed by atoms with Crippen LogP contribution in [-0.4, -0.2) is 0 Å². The van der Waals surface area contributed by atoms with Gasteiger partial charge in [-0.05, 0) is 24.1 Å². The number of aryl methyl sites for hydroxylation is 1. The van der Waals surface area contributed by atoms with E-state index in [9.17, 15) is 8.78 Å². The standard InChI is InChI=1S/C17H15BrF2/c1-2-3-12-4-6-13(7-5-12)16(19)17(20)14-8-10-15(18)11-9-14/h4-11H,2-3H2,1H3/b17-16-. The van der Waals surface area contributed by atoms with Crippen LogP contribution in [0.1, 0.15) is 30.0 Å². The Morgan fingerprint density at radius 2 is 1.30 bits per heavy atom. The van der Waals surface area contributed by atoms with Crippen LogP contribution in [-0.2, 0) is 6.42 Å². The molecule has 0 radical (unpaired) electrons. The fourth-order valence-electron chi connectivity index (χ4n) is 1.96. The summed E-state index contributed by atoms with van der Waals surface area (Å²) in [5, 5.41) is 0. The van der Waals surface area contributed by atoms with Gasteiger partial charge in [-0.15, -0.1) is 0 Å². The highest BCUT2D eigenvalue weighted by atomic mass is 79.9. The normalized spacial score (nSPS) is 12.2. The van der Waals surface area contributed by atoms with E-state index in [0.717, 1.165) is 22.9 Å².